The molecule has 0 amide bonds. The fourth-order valence-corrected chi connectivity index (χ4v) is 3.21. The SMILES string of the molecule is C=C(CCCCCCCCCCCCCCCCCC)C(=S)S. The van der Waals surface area contributed by atoms with Crippen LogP contribution < -0.4 is 0 Å². The van der Waals surface area contributed by atoms with Gasteiger partial charge in [0.1, 0.15) is 0 Å². The van der Waals surface area contributed by atoms with Crippen LogP contribution in [0.1, 0.15) is 116 Å². The Balaban J connectivity index is 3.05. The second kappa shape index (κ2) is 18.5. The minimum Gasteiger partial charge on any atom is -0.132 e. The quantitative estimate of drug-likeness (QED) is 0.111. The third-order valence-corrected chi connectivity index (χ3v) is 5.24. The third kappa shape index (κ3) is 18.4. The minimum atomic E-state index is 0.686. The molecule has 23 heavy (non-hydrogen) atoms. The first kappa shape index (κ1) is 23.2. The summed E-state index contributed by atoms with van der Waals surface area (Å²) in [5.41, 5.74) is 1.04. The lowest BCUT2D eigenvalue weighted by Crippen LogP contribution is -1.89. The van der Waals surface area contributed by atoms with Crippen molar-refractivity contribution in [3.63, 3.8) is 0 Å². The van der Waals surface area contributed by atoms with Crippen molar-refractivity contribution in [3.05, 3.63) is 12.2 Å². The van der Waals surface area contributed by atoms with Gasteiger partial charge in [-0.25, -0.2) is 0 Å². The van der Waals surface area contributed by atoms with E-state index < -0.39 is 0 Å². The summed E-state index contributed by atoms with van der Waals surface area (Å²) in [7, 11) is 0. The van der Waals surface area contributed by atoms with Crippen LogP contribution in [0.5, 0.6) is 0 Å². The van der Waals surface area contributed by atoms with E-state index in [0.29, 0.717) is 4.20 Å². The number of unbranched alkanes of at least 4 members (excludes halogenated alkanes) is 15. The molecule has 0 bridgehead atoms. The Labute approximate surface area is 157 Å². The van der Waals surface area contributed by atoms with Crippen LogP contribution in [0.2, 0.25) is 0 Å². The van der Waals surface area contributed by atoms with Crippen LogP contribution in [0.4, 0.5) is 0 Å². The Kier molecular flexibility index (Phi) is 18.7. The van der Waals surface area contributed by atoms with Gasteiger partial charge in [-0.15, -0.1) is 12.6 Å². The summed E-state index contributed by atoms with van der Waals surface area (Å²) in [6.07, 6.45) is 23.6. The molecule has 136 valence electrons. The van der Waals surface area contributed by atoms with Crippen molar-refractivity contribution in [1.82, 2.24) is 0 Å². The first-order chi connectivity index (χ1) is 11.2. The van der Waals surface area contributed by atoms with Gasteiger partial charge in [0.2, 0.25) is 0 Å². The molecule has 0 aromatic heterocycles. The molecular formula is C21H40S2. The molecule has 0 aromatic carbocycles. The van der Waals surface area contributed by atoms with E-state index in [0.717, 1.165) is 12.0 Å². The lowest BCUT2D eigenvalue weighted by atomic mass is 10.0. The zero-order valence-electron chi connectivity index (χ0n) is 15.6. The lowest BCUT2D eigenvalue weighted by molar-refractivity contribution is 0.530. The van der Waals surface area contributed by atoms with Crippen LogP contribution in [-0.2, 0) is 0 Å². The molecule has 0 aromatic rings. The van der Waals surface area contributed by atoms with Crippen LogP contribution in [-0.4, -0.2) is 4.20 Å². The Hall–Kier alpha value is 0.180. The molecule has 0 aliphatic rings. The highest BCUT2D eigenvalue weighted by molar-refractivity contribution is 8.11. The zero-order chi connectivity index (χ0) is 17.2. The highest BCUT2D eigenvalue weighted by Gasteiger charge is 1.98. The summed E-state index contributed by atoms with van der Waals surface area (Å²) in [4.78, 5) is 0. The fraction of sp³-hybridized carbons (Fsp3) is 0.857. The van der Waals surface area contributed by atoms with Gasteiger partial charge in [0.15, 0.2) is 0 Å². The second-order valence-electron chi connectivity index (χ2n) is 6.96. The van der Waals surface area contributed by atoms with Gasteiger partial charge in [-0.1, -0.05) is 122 Å². The minimum absolute atomic E-state index is 0.686. The van der Waals surface area contributed by atoms with E-state index in [1.165, 1.54) is 103 Å². The maximum absolute atomic E-state index is 4.99. The van der Waals surface area contributed by atoms with Crippen molar-refractivity contribution >= 4 is 29.0 Å². The van der Waals surface area contributed by atoms with Crippen LogP contribution in [0.25, 0.3) is 0 Å². The van der Waals surface area contributed by atoms with Gasteiger partial charge >= 0.3 is 0 Å². The largest absolute Gasteiger partial charge is 0.132 e. The topological polar surface area (TPSA) is 0 Å². The van der Waals surface area contributed by atoms with Crippen molar-refractivity contribution in [3.8, 4) is 0 Å². The van der Waals surface area contributed by atoms with Crippen molar-refractivity contribution in [2.24, 2.45) is 0 Å². The van der Waals surface area contributed by atoms with Crippen LogP contribution >= 0.6 is 24.8 Å². The predicted octanol–water partition coefficient (Wildman–Crippen LogP) is 8.45. The normalized spacial score (nSPS) is 10.9. The molecule has 0 unspecified atom stereocenters. The van der Waals surface area contributed by atoms with E-state index in [1.807, 2.05) is 0 Å². The van der Waals surface area contributed by atoms with Crippen LogP contribution in [0, 0.1) is 0 Å². The molecule has 0 saturated carbocycles. The zero-order valence-corrected chi connectivity index (χ0v) is 17.3. The fourth-order valence-electron chi connectivity index (χ4n) is 2.99. The number of rotatable bonds is 18. The molecule has 0 aliphatic heterocycles. The average Bonchev–Trinajstić information content (AvgIpc) is 2.54. The Bertz CT molecular complexity index is 284. The van der Waals surface area contributed by atoms with E-state index in [2.05, 4.69) is 26.1 Å². The number of thiocarbonyl (C=S) groups is 1. The van der Waals surface area contributed by atoms with Gasteiger partial charge in [0.05, 0.1) is 4.20 Å². The summed E-state index contributed by atoms with van der Waals surface area (Å²) in [6, 6.07) is 0. The van der Waals surface area contributed by atoms with E-state index in [4.69, 9.17) is 12.2 Å². The summed E-state index contributed by atoms with van der Waals surface area (Å²) < 4.78 is 0.686. The molecule has 0 nitrogen and oxygen atoms in total. The van der Waals surface area contributed by atoms with Crippen LogP contribution in [0.15, 0.2) is 12.2 Å². The Morgan fingerprint density at radius 3 is 1.26 bits per heavy atom. The molecule has 0 aliphatic carbocycles. The van der Waals surface area contributed by atoms with Gasteiger partial charge in [-0.3, -0.25) is 0 Å². The molecule has 0 rings (SSSR count). The molecule has 0 N–H and O–H groups in total. The van der Waals surface area contributed by atoms with Gasteiger partial charge in [0.25, 0.3) is 0 Å². The number of hydrogen-bond donors (Lipinski definition) is 1. The summed E-state index contributed by atoms with van der Waals surface area (Å²) in [5.74, 6) is 0. The molecule has 0 spiro atoms. The van der Waals surface area contributed by atoms with E-state index in [1.54, 1.807) is 0 Å². The monoisotopic (exact) mass is 356 g/mol. The smallest absolute Gasteiger partial charge is 0.0701 e. The van der Waals surface area contributed by atoms with Gasteiger partial charge in [0, 0.05) is 0 Å². The molecule has 0 radical (unpaired) electrons. The van der Waals surface area contributed by atoms with Crippen molar-refractivity contribution in [2.75, 3.05) is 0 Å². The van der Waals surface area contributed by atoms with Crippen molar-refractivity contribution in [2.45, 2.75) is 116 Å². The molecule has 2 heteroatoms. The summed E-state index contributed by atoms with van der Waals surface area (Å²) in [6.45, 7) is 6.23. The van der Waals surface area contributed by atoms with E-state index >= 15 is 0 Å². The Morgan fingerprint density at radius 2 is 0.957 bits per heavy atom. The summed E-state index contributed by atoms with van der Waals surface area (Å²) in [5, 5.41) is 0. The molecule has 0 saturated heterocycles. The van der Waals surface area contributed by atoms with Gasteiger partial charge in [-0.05, 0) is 18.4 Å². The highest BCUT2D eigenvalue weighted by Crippen LogP contribution is 2.15. The van der Waals surface area contributed by atoms with E-state index in [-0.39, 0.29) is 0 Å². The first-order valence-corrected chi connectivity index (χ1v) is 10.9. The molecule has 0 fully saturated rings. The van der Waals surface area contributed by atoms with Crippen LogP contribution in [0.3, 0.4) is 0 Å². The van der Waals surface area contributed by atoms with E-state index in [9.17, 15) is 0 Å². The first-order valence-electron chi connectivity index (χ1n) is 10.1. The lowest BCUT2D eigenvalue weighted by Gasteiger charge is -2.04. The average molecular weight is 357 g/mol. The molecular weight excluding hydrogens is 316 g/mol. The second-order valence-corrected chi connectivity index (χ2v) is 8.12. The predicted molar refractivity (Wildman–Crippen MR) is 115 cm³/mol. The summed E-state index contributed by atoms with van der Waals surface area (Å²) >= 11 is 9.15. The van der Waals surface area contributed by atoms with Gasteiger partial charge < -0.3 is 0 Å². The third-order valence-electron chi connectivity index (χ3n) is 4.63. The highest BCUT2D eigenvalue weighted by atomic mass is 32.1. The van der Waals surface area contributed by atoms with Crippen molar-refractivity contribution < 1.29 is 0 Å². The Morgan fingerprint density at radius 1 is 0.652 bits per heavy atom. The van der Waals surface area contributed by atoms with Gasteiger partial charge in [-0.2, -0.15) is 0 Å². The maximum atomic E-state index is 4.99. The number of hydrogen-bond acceptors (Lipinski definition) is 1. The standard InChI is InChI=1S/C21H40S2/c1-3-4-5-6-7-8-9-10-11-12-13-14-15-16-17-18-19-20(2)21(22)23/h2-19H2,1H3,(H,22,23). The number of thiol groups is 1. The maximum Gasteiger partial charge on any atom is 0.0701 e. The van der Waals surface area contributed by atoms with Crippen molar-refractivity contribution in [1.29, 1.82) is 0 Å². The molecule has 0 heterocycles. The molecule has 0 atom stereocenters.